The lowest BCUT2D eigenvalue weighted by atomic mass is 10.5. The number of nitrogens with zero attached hydrogens (tertiary/aromatic N) is 2. The Hall–Kier alpha value is -1.03. The van der Waals surface area contributed by atoms with Gasteiger partial charge in [-0.3, -0.25) is 0 Å². The second-order valence-corrected chi connectivity index (χ2v) is 2.00. The largest absolute Gasteiger partial charge is 0.479 e. The summed E-state index contributed by atoms with van der Waals surface area (Å²) in [4.78, 5) is 0. The molecule has 54 valence electrons. The second kappa shape index (κ2) is 2.70. The minimum Gasteiger partial charge on any atom is -0.479 e. The Balaban J connectivity index is 3.14. The monoisotopic (exact) mass is 159 g/mol. The zero-order chi connectivity index (χ0) is 7.56. The van der Waals surface area contributed by atoms with E-state index in [1.165, 1.54) is 13.3 Å². The highest BCUT2D eigenvalue weighted by Crippen LogP contribution is 2.25. The third kappa shape index (κ3) is 1.11. The number of methoxy groups -OCH3 is 1. The fraction of sp³-hybridized carbons (Fsp3) is 0.200. The number of nitrogens with two attached hydrogens (primary N) is 1. The van der Waals surface area contributed by atoms with Gasteiger partial charge in [-0.1, -0.05) is 11.6 Å². The smallest absolute Gasteiger partial charge is 0.254 e. The molecule has 0 unspecified atom stereocenters. The van der Waals surface area contributed by atoms with Gasteiger partial charge >= 0.3 is 0 Å². The van der Waals surface area contributed by atoms with E-state index in [4.69, 9.17) is 22.1 Å². The Morgan fingerprint density at radius 2 is 2.40 bits per heavy atom. The summed E-state index contributed by atoms with van der Waals surface area (Å²) in [5, 5.41) is 7.41. The highest BCUT2D eigenvalue weighted by molar-refractivity contribution is 6.34. The summed E-state index contributed by atoms with van der Waals surface area (Å²) in [6.45, 7) is 0. The zero-order valence-corrected chi connectivity index (χ0v) is 6.09. The molecule has 5 heteroatoms. The molecule has 0 aliphatic heterocycles. The van der Waals surface area contributed by atoms with E-state index >= 15 is 0 Å². The Morgan fingerprint density at radius 3 is 2.90 bits per heavy atom. The SMILES string of the molecule is COc1nncc(N)c1Cl. The summed E-state index contributed by atoms with van der Waals surface area (Å²) in [7, 11) is 1.45. The molecular weight excluding hydrogens is 154 g/mol. The van der Waals surface area contributed by atoms with Gasteiger partial charge in [-0.15, -0.1) is 5.10 Å². The highest BCUT2D eigenvalue weighted by Gasteiger charge is 2.04. The maximum absolute atomic E-state index is 5.64. The number of ether oxygens (including phenoxy) is 1. The second-order valence-electron chi connectivity index (χ2n) is 1.62. The first-order valence-electron chi connectivity index (χ1n) is 2.56. The number of hydrogen-bond donors (Lipinski definition) is 1. The van der Waals surface area contributed by atoms with E-state index in [0.717, 1.165) is 0 Å². The van der Waals surface area contributed by atoms with Crippen LogP contribution in [-0.2, 0) is 0 Å². The minimum atomic E-state index is 0.252. The lowest BCUT2D eigenvalue weighted by Gasteiger charge is -2.00. The molecule has 0 aliphatic rings. The van der Waals surface area contributed by atoms with Crippen LogP contribution in [0.5, 0.6) is 5.88 Å². The molecule has 0 radical (unpaired) electrons. The highest BCUT2D eigenvalue weighted by atomic mass is 35.5. The van der Waals surface area contributed by atoms with Gasteiger partial charge in [0.15, 0.2) is 0 Å². The fourth-order valence-electron chi connectivity index (χ4n) is 0.498. The van der Waals surface area contributed by atoms with E-state index in [-0.39, 0.29) is 5.88 Å². The van der Waals surface area contributed by atoms with E-state index in [2.05, 4.69) is 10.2 Å². The first-order chi connectivity index (χ1) is 4.75. The quantitative estimate of drug-likeness (QED) is 0.656. The molecule has 0 fully saturated rings. The first-order valence-corrected chi connectivity index (χ1v) is 2.94. The van der Waals surface area contributed by atoms with Crippen molar-refractivity contribution in [3.05, 3.63) is 11.2 Å². The fourth-order valence-corrected chi connectivity index (χ4v) is 0.662. The van der Waals surface area contributed by atoms with Gasteiger partial charge in [0, 0.05) is 0 Å². The minimum absolute atomic E-state index is 0.252. The Bertz CT molecular complexity index is 240. The molecule has 0 aromatic carbocycles. The van der Waals surface area contributed by atoms with Crippen molar-refractivity contribution in [1.82, 2.24) is 10.2 Å². The predicted octanol–water partition coefficient (Wildman–Crippen LogP) is 0.721. The summed E-state index contributed by atoms with van der Waals surface area (Å²) < 4.78 is 4.74. The van der Waals surface area contributed by atoms with Crippen molar-refractivity contribution in [2.45, 2.75) is 0 Å². The Kier molecular flexibility index (Phi) is 1.91. The molecule has 1 rings (SSSR count). The predicted molar refractivity (Wildman–Crippen MR) is 38.0 cm³/mol. The first kappa shape index (κ1) is 7.08. The van der Waals surface area contributed by atoms with Gasteiger partial charge in [0.2, 0.25) is 0 Å². The van der Waals surface area contributed by atoms with Crippen molar-refractivity contribution in [1.29, 1.82) is 0 Å². The van der Waals surface area contributed by atoms with Crippen molar-refractivity contribution >= 4 is 17.3 Å². The standard InChI is InChI=1S/C5H6ClN3O/c1-10-5-4(6)3(7)2-8-9-5/h2H,1H3,(H2,7,9). The van der Waals surface area contributed by atoms with Crippen LogP contribution in [0.2, 0.25) is 5.02 Å². The van der Waals surface area contributed by atoms with Gasteiger partial charge in [-0.05, 0) is 0 Å². The maximum atomic E-state index is 5.64. The molecule has 1 aromatic heterocycles. The molecule has 0 bridgehead atoms. The molecule has 0 aliphatic carbocycles. The van der Waals surface area contributed by atoms with Gasteiger partial charge in [0.1, 0.15) is 5.02 Å². The molecule has 0 atom stereocenters. The van der Waals surface area contributed by atoms with Crippen molar-refractivity contribution in [3.63, 3.8) is 0 Å². The summed E-state index contributed by atoms with van der Waals surface area (Å²) in [5.74, 6) is 0.252. The van der Waals surface area contributed by atoms with Crippen LogP contribution in [0.4, 0.5) is 5.69 Å². The maximum Gasteiger partial charge on any atom is 0.254 e. The lowest BCUT2D eigenvalue weighted by Crippen LogP contribution is -1.95. The third-order valence-electron chi connectivity index (χ3n) is 0.980. The van der Waals surface area contributed by atoms with E-state index in [1.54, 1.807) is 0 Å². The molecule has 4 nitrogen and oxygen atoms in total. The van der Waals surface area contributed by atoms with Crippen LogP contribution in [0.3, 0.4) is 0 Å². The van der Waals surface area contributed by atoms with Crippen LogP contribution in [0.1, 0.15) is 0 Å². The van der Waals surface area contributed by atoms with Gasteiger partial charge in [-0.2, -0.15) is 5.10 Å². The molecule has 1 heterocycles. The van der Waals surface area contributed by atoms with Crippen molar-refractivity contribution in [2.75, 3.05) is 12.8 Å². The summed E-state index contributed by atoms with van der Waals surface area (Å²) in [5.41, 5.74) is 5.75. The van der Waals surface area contributed by atoms with Crippen molar-refractivity contribution < 1.29 is 4.74 Å². The molecule has 0 saturated carbocycles. The van der Waals surface area contributed by atoms with E-state index in [1.807, 2.05) is 0 Å². The van der Waals surface area contributed by atoms with Gasteiger partial charge in [-0.25, -0.2) is 0 Å². The molecule has 10 heavy (non-hydrogen) atoms. The summed E-state index contributed by atoms with van der Waals surface area (Å²) in [6.07, 6.45) is 1.37. The molecular formula is C5H6ClN3O. The van der Waals surface area contributed by atoms with Gasteiger partial charge in [0.25, 0.3) is 5.88 Å². The van der Waals surface area contributed by atoms with Crippen LogP contribution >= 0.6 is 11.6 Å². The number of anilines is 1. The molecule has 0 saturated heterocycles. The number of aromatic nitrogens is 2. The van der Waals surface area contributed by atoms with Crippen molar-refractivity contribution in [2.24, 2.45) is 0 Å². The Labute approximate surface area is 63.0 Å². The number of rotatable bonds is 1. The summed E-state index contributed by atoms with van der Waals surface area (Å²) in [6, 6.07) is 0. The molecule has 2 N–H and O–H groups in total. The normalized spacial score (nSPS) is 9.40. The number of nitrogen functional groups attached to an aromatic ring is 1. The molecule has 0 spiro atoms. The van der Waals surface area contributed by atoms with Gasteiger partial charge < -0.3 is 10.5 Å². The van der Waals surface area contributed by atoms with E-state index in [0.29, 0.717) is 10.7 Å². The molecule has 1 aromatic rings. The van der Waals surface area contributed by atoms with Gasteiger partial charge in [0.05, 0.1) is 19.0 Å². The van der Waals surface area contributed by atoms with Crippen molar-refractivity contribution in [3.8, 4) is 5.88 Å². The molecule has 0 amide bonds. The number of hydrogen-bond acceptors (Lipinski definition) is 4. The lowest BCUT2D eigenvalue weighted by molar-refractivity contribution is 0.392. The van der Waals surface area contributed by atoms with E-state index in [9.17, 15) is 0 Å². The van der Waals surface area contributed by atoms with Crippen LogP contribution in [0.25, 0.3) is 0 Å². The van der Waals surface area contributed by atoms with Crippen LogP contribution < -0.4 is 10.5 Å². The van der Waals surface area contributed by atoms with Crippen LogP contribution in [-0.4, -0.2) is 17.3 Å². The average Bonchev–Trinajstić information content (AvgIpc) is 1.95. The number of halogens is 1. The summed E-state index contributed by atoms with van der Waals surface area (Å²) >= 11 is 5.64. The average molecular weight is 160 g/mol. The van der Waals surface area contributed by atoms with E-state index < -0.39 is 0 Å². The van der Waals surface area contributed by atoms with Crippen LogP contribution in [0, 0.1) is 0 Å². The zero-order valence-electron chi connectivity index (χ0n) is 5.34. The Morgan fingerprint density at radius 1 is 1.70 bits per heavy atom. The topological polar surface area (TPSA) is 61.0 Å². The third-order valence-corrected chi connectivity index (χ3v) is 1.36. The van der Waals surface area contributed by atoms with Crippen LogP contribution in [0.15, 0.2) is 6.20 Å².